The van der Waals surface area contributed by atoms with Gasteiger partial charge in [0.25, 0.3) is 0 Å². The predicted molar refractivity (Wildman–Crippen MR) is 30.5 cm³/mol. The van der Waals surface area contributed by atoms with Gasteiger partial charge < -0.3 is 0 Å². The summed E-state index contributed by atoms with van der Waals surface area (Å²) in [5, 5.41) is 0. The quantitative estimate of drug-likeness (QED) is 0.431. The summed E-state index contributed by atoms with van der Waals surface area (Å²) in [6.45, 7) is 6.45. The van der Waals surface area contributed by atoms with Gasteiger partial charge in [-0.2, -0.15) is 0 Å². The van der Waals surface area contributed by atoms with Crippen LogP contribution in [0.5, 0.6) is 0 Å². The summed E-state index contributed by atoms with van der Waals surface area (Å²) in [4.78, 5) is 0. The Hall–Kier alpha value is 0.392. The van der Waals surface area contributed by atoms with Crippen LogP contribution in [0, 0.1) is 0 Å². The molecule has 0 spiro atoms. The molecule has 0 nitrogen and oxygen atoms in total. The number of hydrogen-bond acceptors (Lipinski definition) is 0. The van der Waals surface area contributed by atoms with E-state index >= 15 is 0 Å². The minimum absolute atomic E-state index is 0. The zero-order valence-electron chi connectivity index (χ0n) is 4.89. The summed E-state index contributed by atoms with van der Waals surface area (Å²) in [6, 6.07) is 0. The van der Waals surface area contributed by atoms with E-state index in [1.165, 1.54) is 0 Å². The van der Waals surface area contributed by atoms with Crippen LogP contribution in [0.2, 0.25) is 4.28 Å². The molecule has 0 aliphatic heterocycles. The largest absolute Gasteiger partial charge is 0.269 e. The Morgan fingerprint density at radius 1 is 1.00 bits per heavy atom. The van der Waals surface area contributed by atoms with E-state index < -0.39 is 0 Å². The fourth-order valence-electron chi connectivity index (χ4n) is 0. The van der Waals surface area contributed by atoms with E-state index in [1.807, 2.05) is 0 Å². The summed E-state index contributed by atoms with van der Waals surface area (Å²) in [5.41, 5.74) is 0. The Kier molecular flexibility index (Phi) is 10.2. The maximum atomic E-state index is 2.72. The zero-order chi connectivity index (χ0) is 4.50. The SMILES string of the molecule is C[C](C)(C)[Al].F.F. The van der Waals surface area contributed by atoms with Crippen molar-refractivity contribution in [2.24, 2.45) is 0 Å². The fourth-order valence-corrected chi connectivity index (χ4v) is 0. The van der Waals surface area contributed by atoms with Gasteiger partial charge in [-0.05, 0) is 0 Å². The van der Waals surface area contributed by atoms with Crippen LogP contribution in [0.4, 0.5) is 9.41 Å². The van der Waals surface area contributed by atoms with Crippen molar-refractivity contribution in [1.29, 1.82) is 0 Å². The number of rotatable bonds is 0. The average molecular weight is 124 g/mol. The Bertz CT molecular complexity index is 25.2. The van der Waals surface area contributed by atoms with E-state index in [0.29, 0.717) is 4.28 Å². The molecule has 0 aromatic carbocycles. The van der Waals surface area contributed by atoms with E-state index in [2.05, 4.69) is 37.1 Å². The van der Waals surface area contributed by atoms with Gasteiger partial charge in [0.15, 0.2) is 0 Å². The lowest BCUT2D eigenvalue weighted by Crippen LogP contribution is -1.90. The van der Waals surface area contributed by atoms with Gasteiger partial charge >= 0.3 is 0 Å². The van der Waals surface area contributed by atoms with Crippen molar-refractivity contribution in [3.05, 3.63) is 0 Å². The van der Waals surface area contributed by atoms with Crippen molar-refractivity contribution in [2.45, 2.75) is 25.0 Å². The Balaban J connectivity index is -0.0000000800. The van der Waals surface area contributed by atoms with Gasteiger partial charge in [0.2, 0.25) is 0 Å². The molecule has 2 radical (unpaired) electrons. The highest BCUT2D eigenvalue weighted by Gasteiger charge is 1.94. The van der Waals surface area contributed by atoms with Crippen LogP contribution in [0.15, 0.2) is 0 Å². The molecule has 0 aliphatic rings. The second-order valence-corrected chi connectivity index (χ2v) is 4.10. The van der Waals surface area contributed by atoms with E-state index in [4.69, 9.17) is 0 Å². The first-order chi connectivity index (χ1) is 2.00. The van der Waals surface area contributed by atoms with Crippen molar-refractivity contribution < 1.29 is 9.41 Å². The summed E-state index contributed by atoms with van der Waals surface area (Å²) in [5.74, 6) is 0. The van der Waals surface area contributed by atoms with Crippen molar-refractivity contribution in [2.75, 3.05) is 0 Å². The van der Waals surface area contributed by atoms with Gasteiger partial charge in [-0.25, -0.2) is 0 Å². The van der Waals surface area contributed by atoms with E-state index in [-0.39, 0.29) is 9.41 Å². The maximum absolute atomic E-state index is 2.72. The molecule has 0 aromatic heterocycles. The second-order valence-electron chi connectivity index (χ2n) is 2.37. The first kappa shape index (κ1) is 15.7. The monoisotopic (exact) mass is 124 g/mol. The molecule has 0 fully saturated rings. The summed E-state index contributed by atoms with van der Waals surface area (Å²) < 4.78 is 0.417. The molecule has 0 bridgehead atoms. The van der Waals surface area contributed by atoms with Crippen molar-refractivity contribution >= 4 is 16.3 Å². The topological polar surface area (TPSA) is 0 Å². The van der Waals surface area contributed by atoms with Crippen LogP contribution in [0.25, 0.3) is 0 Å². The number of hydrogen-bond donors (Lipinski definition) is 0. The Labute approximate surface area is 51.5 Å². The van der Waals surface area contributed by atoms with Crippen LogP contribution < -0.4 is 0 Å². The van der Waals surface area contributed by atoms with Crippen LogP contribution >= 0.6 is 0 Å². The smallest absolute Gasteiger partial charge is 0.128 e. The van der Waals surface area contributed by atoms with Crippen molar-refractivity contribution in [3.63, 3.8) is 0 Å². The van der Waals surface area contributed by atoms with Gasteiger partial charge in [0.05, 0.1) is 0 Å². The molecular weight excluding hydrogens is 113 g/mol. The lowest BCUT2D eigenvalue weighted by atomic mass is 10.2. The van der Waals surface area contributed by atoms with Gasteiger partial charge in [-0.3, -0.25) is 9.41 Å². The van der Waals surface area contributed by atoms with Gasteiger partial charge in [0.1, 0.15) is 16.3 Å². The van der Waals surface area contributed by atoms with Crippen LogP contribution in [0.3, 0.4) is 0 Å². The van der Waals surface area contributed by atoms with Gasteiger partial charge in [-0.1, -0.05) is 20.8 Å². The van der Waals surface area contributed by atoms with Crippen LogP contribution in [-0.2, 0) is 0 Å². The summed E-state index contributed by atoms with van der Waals surface area (Å²) in [6.07, 6.45) is 0. The lowest BCUT2D eigenvalue weighted by molar-refractivity contribution is 0.767. The first-order valence-corrected chi connectivity index (χ1v) is 2.37. The molecule has 0 aliphatic carbocycles. The molecule has 3 heteroatoms. The summed E-state index contributed by atoms with van der Waals surface area (Å²) in [7, 11) is 0. The molecule has 44 valence electrons. The van der Waals surface area contributed by atoms with E-state index in [0.717, 1.165) is 0 Å². The molecule has 0 saturated heterocycles. The first-order valence-electron chi connectivity index (χ1n) is 1.79. The third-order valence-corrected chi connectivity index (χ3v) is 0. The highest BCUT2D eigenvalue weighted by Crippen LogP contribution is 2.13. The predicted octanol–water partition coefficient (Wildman–Crippen LogP) is 1.68. The zero-order valence-corrected chi connectivity index (χ0v) is 6.05. The van der Waals surface area contributed by atoms with Gasteiger partial charge in [0, 0.05) is 0 Å². The van der Waals surface area contributed by atoms with E-state index in [1.54, 1.807) is 0 Å². The molecule has 0 rings (SSSR count). The highest BCUT2D eigenvalue weighted by molar-refractivity contribution is 6.14. The van der Waals surface area contributed by atoms with Crippen molar-refractivity contribution in [1.82, 2.24) is 0 Å². The average Bonchev–Trinajstić information content (AvgIpc) is 0.722. The molecule has 0 aromatic rings. The second kappa shape index (κ2) is 4.55. The molecule has 0 atom stereocenters. The molecule has 0 N–H and O–H groups in total. The third kappa shape index (κ3) is 801. The molecule has 0 unspecified atom stereocenters. The lowest BCUT2D eigenvalue weighted by Gasteiger charge is -2.06. The van der Waals surface area contributed by atoms with Gasteiger partial charge in [-0.15, -0.1) is 4.28 Å². The minimum Gasteiger partial charge on any atom is -0.269 e. The van der Waals surface area contributed by atoms with Crippen molar-refractivity contribution in [3.8, 4) is 0 Å². The Morgan fingerprint density at radius 3 is 1.00 bits per heavy atom. The van der Waals surface area contributed by atoms with Crippen LogP contribution in [0.1, 0.15) is 20.8 Å². The maximum Gasteiger partial charge on any atom is 0.128 e. The fraction of sp³-hybridized carbons (Fsp3) is 1.00. The summed E-state index contributed by atoms with van der Waals surface area (Å²) >= 11 is 2.72. The molecule has 0 amide bonds. The van der Waals surface area contributed by atoms with Crippen LogP contribution in [-0.4, -0.2) is 16.3 Å². The molecule has 0 saturated carbocycles. The third-order valence-electron chi connectivity index (χ3n) is 0. The molecule has 7 heavy (non-hydrogen) atoms. The number of halogens is 2. The highest BCUT2D eigenvalue weighted by atomic mass is 27.0. The normalized spacial score (nSPS) is 8.43. The Morgan fingerprint density at radius 2 is 1.00 bits per heavy atom. The minimum atomic E-state index is 0. The standard InChI is InChI=1S/C4H9.Al.2FH/c1-4(2)3;;;/h1-3H3;;2*1H. The molecular formula is C4H11AlF2. The molecule has 0 heterocycles. The van der Waals surface area contributed by atoms with E-state index in [9.17, 15) is 0 Å².